The largest absolute Gasteiger partial charge is 0.481 e. The Kier molecular flexibility index (Phi) is 3.72. The van der Waals surface area contributed by atoms with Gasteiger partial charge < -0.3 is 14.4 Å². The molecule has 0 bridgehead atoms. The number of nitrogens with zero attached hydrogens (tertiary/aromatic N) is 4. The van der Waals surface area contributed by atoms with Crippen LogP contribution in [-0.2, 0) is 4.79 Å². The van der Waals surface area contributed by atoms with Gasteiger partial charge in [-0.05, 0) is 6.07 Å². The molecule has 0 radical (unpaired) electrons. The minimum atomic E-state index is -0.955. The standard InChI is InChI=1S/C9H8N4O4S/c1-16-6-3-2-5(11-12-6)8-10-9(17-13-8)18-4-7(14)15/h2-3H,4H2,1H3,(H,14,15). The van der Waals surface area contributed by atoms with Gasteiger partial charge in [0.2, 0.25) is 11.7 Å². The minimum absolute atomic E-state index is 0.143. The van der Waals surface area contributed by atoms with E-state index in [0.717, 1.165) is 11.8 Å². The van der Waals surface area contributed by atoms with E-state index in [1.165, 1.54) is 7.11 Å². The zero-order valence-electron chi connectivity index (χ0n) is 9.23. The monoisotopic (exact) mass is 268 g/mol. The van der Waals surface area contributed by atoms with Crippen molar-refractivity contribution in [2.75, 3.05) is 12.9 Å². The molecular weight excluding hydrogens is 260 g/mol. The third-order valence-electron chi connectivity index (χ3n) is 1.80. The second kappa shape index (κ2) is 5.45. The van der Waals surface area contributed by atoms with Crippen LogP contribution in [-0.4, -0.2) is 44.3 Å². The summed E-state index contributed by atoms with van der Waals surface area (Å²) in [6.07, 6.45) is 0. The number of hydrogen-bond acceptors (Lipinski definition) is 8. The smallest absolute Gasteiger partial charge is 0.314 e. The highest BCUT2D eigenvalue weighted by molar-refractivity contribution is 7.99. The molecule has 0 aromatic carbocycles. The van der Waals surface area contributed by atoms with Crippen LogP contribution in [0.2, 0.25) is 0 Å². The number of carboxylic acids is 1. The number of hydrogen-bond donors (Lipinski definition) is 1. The highest BCUT2D eigenvalue weighted by atomic mass is 32.2. The number of carboxylic acid groups (broad SMARTS) is 1. The van der Waals surface area contributed by atoms with Crippen LogP contribution >= 0.6 is 11.8 Å². The van der Waals surface area contributed by atoms with Gasteiger partial charge in [-0.3, -0.25) is 4.79 Å². The van der Waals surface area contributed by atoms with Crippen LogP contribution in [0.25, 0.3) is 11.5 Å². The Bertz CT molecular complexity index is 542. The molecule has 1 N–H and O–H groups in total. The van der Waals surface area contributed by atoms with Gasteiger partial charge in [0, 0.05) is 6.07 Å². The van der Waals surface area contributed by atoms with Crippen molar-refractivity contribution in [1.29, 1.82) is 0 Å². The molecule has 2 rings (SSSR count). The Morgan fingerprint density at radius 1 is 1.50 bits per heavy atom. The van der Waals surface area contributed by atoms with Crippen molar-refractivity contribution >= 4 is 17.7 Å². The first-order valence-corrected chi connectivity index (χ1v) is 5.74. The van der Waals surface area contributed by atoms with Gasteiger partial charge in [-0.15, -0.1) is 10.2 Å². The molecule has 18 heavy (non-hydrogen) atoms. The third-order valence-corrected chi connectivity index (χ3v) is 2.61. The summed E-state index contributed by atoms with van der Waals surface area (Å²) in [6, 6.07) is 3.24. The predicted molar refractivity (Wildman–Crippen MR) is 60.2 cm³/mol. The van der Waals surface area contributed by atoms with E-state index in [2.05, 4.69) is 20.3 Å². The molecule has 8 nitrogen and oxygen atoms in total. The van der Waals surface area contributed by atoms with Crippen LogP contribution in [0.4, 0.5) is 0 Å². The van der Waals surface area contributed by atoms with Gasteiger partial charge in [0.05, 0.1) is 7.11 Å². The quantitative estimate of drug-likeness (QED) is 0.783. The van der Waals surface area contributed by atoms with E-state index in [4.69, 9.17) is 14.4 Å². The Morgan fingerprint density at radius 3 is 2.94 bits per heavy atom. The van der Waals surface area contributed by atoms with E-state index in [-0.39, 0.29) is 16.8 Å². The first-order chi connectivity index (χ1) is 8.69. The topological polar surface area (TPSA) is 111 Å². The summed E-state index contributed by atoms with van der Waals surface area (Å²) in [5, 5.41) is 20.0. The molecule has 0 unspecified atom stereocenters. The molecule has 0 aliphatic rings. The van der Waals surface area contributed by atoms with Crippen LogP contribution in [0.3, 0.4) is 0 Å². The summed E-state index contributed by atoms with van der Waals surface area (Å²) in [4.78, 5) is 14.4. The highest BCUT2D eigenvalue weighted by Crippen LogP contribution is 2.20. The van der Waals surface area contributed by atoms with E-state index in [1.54, 1.807) is 12.1 Å². The Hall–Kier alpha value is -2.16. The summed E-state index contributed by atoms with van der Waals surface area (Å²) in [5.74, 6) is -0.472. The average molecular weight is 268 g/mol. The van der Waals surface area contributed by atoms with E-state index in [9.17, 15) is 4.79 Å². The summed E-state index contributed by atoms with van der Waals surface area (Å²) in [5.41, 5.74) is 0.418. The van der Waals surface area contributed by atoms with E-state index >= 15 is 0 Å². The van der Waals surface area contributed by atoms with Crippen molar-refractivity contribution in [2.24, 2.45) is 0 Å². The zero-order chi connectivity index (χ0) is 13.0. The fraction of sp³-hybridized carbons (Fsp3) is 0.222. The Balaban J connectivity index is 2.10. The first kappa shape index (κ1) is 12.3. The number of thioether (sulfide) groups is 1. The maximum absolute atomic E-state index is 10.4. The van der Waals surface area contributed by atoms with Crippen molar-refractivity contribution < 1.29 is 19.2 Å². The fourth-order valence-electron chi connectivity index (χ4n) is 1.04. The molecule has 0 saturated heterocycles. The van der Waals surface area contributed by atoms with Crippen molar-refractivity contribution in [1.82, 2.24) is 20.3 Å². The normalized spacial score (nSPS) is 10.3. The van der Waals surface area contributed by atoms with Gasteiger partial charge in [-0.2, -0.15) is 4.98 Å². The SMILES string of the molecule is COc1ccc(-c2noc(SCC(=O)O)n2)nn1. The van der Waals surface area contributed by atoms with Gasteiger partial charge in [0.15, 0.2) is 0 Å². The predicted octanol–water partition coefficient (Wildman–Crippen LogP) is 0.712. The van der Waals surface area contributed by atoms with Gasteiger partial charge in [0.1, 0.15) is 11.4 Å². The first-order valence-electron chi connectivity index (χ1n) is 4.75. The zero-order valence-corrected chi connectivity index (χ0v) is 10.0. The number of methoxy groups -OCH3 is 1. The van der Waals surface area contributed by atoms with Crippen LogP contribution in [0.15, 0.2) is 21.9 Å². The van der Waals surface area contributed by atoms with Crippen molar-refractivity contribution in [2.45, 2.75) is 5.22 Å². The van der Waals surface area contributed by atoms with Crippen LogP contribution < -0.4 is 4.74 Å². The molecule has 0 fully saturated rings. The van der Waals surface area contributed by atoms with Gasteiger partial charge in [-0.25, -0.2) is 0 Å². The van der Waals surface area contributed by atoms with Crippen LogP contribution in [0, 0.1) is 0 Å². The van der Waals surface area contributed by atoms with E-state index < -0.39 is 5.97 Å². The molecule has 0 atom stereocenters. The summed E-state index contributed by atoms with van der Waals surface area (Å²) in [6.45, 7) is 0. The highest BCUT2D eigenvalue weighted by Gasteiger charge is 2.12. The van der Waals surface area contributed by atoms with Gasteiger partial charge >= 0.3 is 5.97 Å². The lowest BCUT2D eigenvalue weighted by molar-refractivity contribution is -0.133. The molecule has 0 spiro atoms. The van der Waals surface area contributed by atoms with Crippen LogP contribution in [0.5, 0.6) is 5.88 Å². The lowest BCUT2D eigenvalue weighted by Gasteiger charge is -1.96. The van der Waals surface area contributed by atoms with Crippen LogP contribution in [0.1, 0.15) is 0 Å². The molecule has 94 valence electrons. The molecule has 2 aromatic rings. The second-order valence-electron chi connectivity index (χ2n) is 3.03. The maximum atomic E-state index is 10.4. The Labute approximate surface area is 105 Å². The number of ether oxygens (including phenoxy) is 1. The van der Waals surface area contributed by atoms with Crippen molar-refractivity contribution in [3.05, 3.63) is 12.1 Å². The maximum Gasteiger partial charge on any atom is 0.314 e. The molecule has 9 heteroatoms. The molecule has 0 aliphatic carbocycles. The number of rotatable bonds is 5. The molecular formula is C9H8N4O4S. The van der Waals surface area contributed by atoms with E-state index in [1.807, 2.05) is 0 Å². The van der Waals surface area contributed by atoms with Gasteiger partial charge in [-0.1, -0.05) is 16.9 Å². The molecule has 0 aliphatic heterocycles. The second-order valence-corrected chi connectivity index (χ2v) is 3.95. The van der Waals surface area contributed by atoms with E-state index in [0.29, 0.717) is 11.6 Å². The third kappa shape index (κ3) is 2.94. The Morgan fingerprint density at radius 2 is 2.33 bits per heavy atom. The molecule has 2 heterocycles. The molecule has 2 aromatic heterocycles. The number of carbonyl (C=O) groups is 1. The number of aliphatic carboxylic acids is 1. The summed E-state index contributed by atoms with van der Waals surface area (Å²) in [7, 11) is 1.48. The molecule has 0 saturated carbocycles. The lowest BCUT2D eigenvalue weighted by atomic mass is 10.4. The number of aromatic nitrogens is 4. The van der Waals surface area contributed by atoms with Crippen molar-refractivity contribution in [3.8, 4) is 17.4 Å². The average Bonchev–Trinajstić information content (AvgIpc) is 2.85. The summed E-state index contributed by atoms with van der Waals surface area (Å²) < 4.78 is 9.73. The fourth-order valence-corrected chi connectivity index (χ4v) is 1.53. The minimum Gasteiger partial charge on any atom is -0.481 e. The summed E-state index contributed by atoms with van der Waals surface area (Å²) >= 11 is 0.939. The van der Waals surface area contributed by atoms with Crippen molar-refractivity contribution in [3.63, 3.8) is 0 Å². The van der Waals surface area contributed by atoms with Gasteiger partial charge in [0.25, 0.3) is 5.22 Å². The molecule has 0 amide bonds. The lowest BCUT2D eigenvalue weighted by Crippen LogP contribution is -1.97.